The molecule has 2 aromatic heterocycles. The number of esters is 2. The van der Waals surface area contributed by atoms with Gasteiger partial charge in [-0.15, -0.1) is 0 Å². The van der Waals surface area contributed by atoms with Crippen LogP contribution in [0.3, 0.4) is 0 Å². The lowest BCUT2D eigenvalue weighted by Gasteiger charge is -2.07. The third-order valence-electron chi connectivity index (χ3n) is 5.60. The Labute approximate surface area is 184 Å². The van der Waals surface area contributed by atoms with Gasteiger partial charge in [-0.2, -0.15) is 0 Å². The Morgan fingerprint density at radius 2 is 1.10 bits per heavy atom. The minimum atomic E-state index is -0.306. The molecule has 0 aromatic carbocycles. The maximum atomic E-state index is 12.0. The van der Waals surface area contributed by atoms with Gasteiger partial charge in [-0.25, -0.2) is 9.59 Å². The highest BCUT2D eigenvalue weighted by Gasteiger charge is 2.18. The van der Waals surface area contributed by atoms with E-state index in [-0.39, 0.29) is 11.9 Å². The van der Waals surface area contributed by atoms with Crippen LogP contribution >= 0.6 is 0 Å². The Morgan fingerprint density at radius 1 is 0.710 bits per heavy atom. The molecule has 0 amide bonds. The van der Waals surface area contributed by atoms with Crippen molar-refractivity contribution in [1.82, 2.24) is 20.6 Å². The second kappa shape index (κ2) is 11.7. The van der Waals surface area contributed by atoms with Crippen LogP contribution < -0.4 is 10.6 Å². The quantitative estimate of drug-likeness (QED) is 0.303. The molecular formula is C23H36N4O4. The van der Waals surface area contributed by atoms with Crippen molar-refractivity contribution in [3.8, 4) is 0 Å². The topological polar surface area (TPSA) is 108 Å². The number of carbonyl (C=O) groups excluding carboxylic acids is 2. The van der Waals surface area contributed by atoms with E-state index in [1.54, 1.807) is 13.8 Å². The van der Waals surface area contributed by atoms with Gasteiger partial charge in [-0.1, -0.05) is 0 Å². The maximum absolute atomic E-state index is 12.0. The fourth-order valence-electron chi connectivity index (χ4n) is 3.44. The van der Waals surface area contributed by atoms with Gasteiger partial charge >= 0.3 is 11.9 Å². The Bertz CT molecular complexity index is 826. The summed E-state index contributed by atoms with van der Waals surface area (Å²) in [4.78, 5) is 30.4. The van der Waals surface area contributed by atoms with E-state index in [1.165, 1.54) is 0 Å². The van der Waals surface area contributed by atoms with Crippen LogP contribution in [-0.4, -0.2) is 48.2 Å². The normalized spacial score (nSPS) is 11.0. The predicted molar refractivity (Wildman–Crippen MR) is 120 cm³/mol. The van der Waals surface area contributed by atoms with Crippen molar-refractivity contribution in [1.29, 1.82) is 0 Å². The van der Waals surface area contributed by atoms with E-state index in [1.807, 2.05) is 27.7 Å². The van der Waals surface area contributed by atoms with E-state index in [2.05, 4.69) is 20.6 Å². The molecule has 0 spiro atoms. The molecule has 0 unspecified atom stereocenters. The molecule has 2 heterocycles. The first kappa shape index (κ1) is 24.7. The van der Waals surface area contributed by atoms with Gasteiger partial charge in [-0.05, 0) is 83.3 Å². The van der Waals surface area contributed by atoms with E-state index >= 15 is 0 Å². The van der Waals surface area contributed by atoms with Gasteiger partial charge < -0.3 is 30.1 Å². The second-order valence-corrected chi connectivity index (χ2v) is 7.61. The summed E-state index contributed by atoms with van der Waals surface area (Å²) in [5.41, 5.74) is 7.15. The molecule has 2 aromatic rings. The van der Waals surface area contributed by atoms with Crippen molar-refractivity contribution >= 4 is 11.9 Å². The Balaban J connectivity index is 1.74. The fourth-order valence-corrected chi connectivity index (χ4v) is 3.44. The Hall–Kier alpha value is -2.58. The molecule has 0 fully saturated rings. The second-order valence-electron chi connectivity index (χ2n) is 7.61. The number of aromatic amines is 2. The standard InChI is InChI=1S/C23H36N4O4/c1-7-30-22(28)20-16(5)14(3)18(26-20)12-24-10-9-11-25-13-19-15(4)17(6)21(27-19)23(29)31-8-2/h24-27H,7-13H2,1-6H3. The minimum absolute atomic E-state index is 0.306. The zero-order valence-corrected chi connectivity index (χ0v) is 19.6. The van der Waals surface area contributed by atoms with Crippen LogP contribution in [-0.2, 0) is 22.6 Å². The van der Waals surface area contributed by atoms with Gasteiger partial charge in [0.2, 0.25) is 0 Å². The molecule has 0 radical (unpaired) electrons. The van der Waals surface area contributed by atoms with E-state index in [9.17, 15) is 9.59 Å². The SMILES string of the molecule is CCOC(=O)c1[nH]c(CNCCCNCc2[nH]c(C(=O)OCC)c(C)c2C)c(C)c1C. The zero-order valence-electron chi connectivity index (χ0n) is 19.6. The molecule has 0 aliphatic carbocycles. The van der Waals surface area contributed by atoms with E-state index in [0.29, 0.717) is 37.7 Å². The summed E-state index contributed by atoms with van der Waals surface area (Å²) in [6.45, 7) is 15.3. The summed E-state index contributed by atoms with van der Waals surface area (Å²) >= 11 is 0. The average molecular weight is 433 g/mol. The summed E-state index contributed by atoms with van der Waals surface area (Å²) in [6, 6.07) is 0. The molecule has 0 saturated carbocycles. The summed E-state index contributed by atoms with van der Waals surface area (Å²) in [5, 5.41) is 6.83. The fraction of sp³-hybridized carbons (Fsp3) is 0.565. The smallest absolute Gasteiger partial charge is 0.355 e. The summed E-state index contributed by atoms with van der Waals surface area (Å²) in [5.74, 6) is -0.612. The largest absolute Gasteiger partial charge is 0.461 e. The van der Waals surface area contributed by atoms with Crippen LogP contribution in [0.4, 0.5) is 0 Å². The van der Waals surface area contributed by atoms with Gasteiger partial charge in [-0.3, -0.25) is 0 Å². The van der Waals surface area contributed by atoms with Crippen molar-refractivity contribution in [2.75, 3.05) is 26.3 Å². The Kier molecular flexibility index (Phi) is 9.33. The molecule has 172 valence electrons. The van der Waals surface area contributed by atoms with E-state index in [4.69, 9.17) is 9.47 Å². The number of nitrogens with one attached hydrogen (secondary N) is 4. The molecule has 2 rings (SSSR count). The van der Waals surface area contributed by atoms with Crippen LogP contribution in [0.2, 0.25) is 0 Å². The number of hydrogen-bond acceptors (Lipinski definition) is 6. The third-order valence-corrected chi connectivity index (χ3v) is 5.60. The van der Waals surface area contributed by atoms with Crippen LogP contribution in [0.1, 0.15) is 74.9 Å². The van der Waals surface area contributed by atoms with Crippen molar-refractivity contribution in [2.45, 2.75) is 61.1 Å². The van der Waals surface area contributed by atoms with Crippen molar-refractivity contribution < 1.29 is 19.1 Å². The molecule has 8 nitrogen and oxygen atoms in total. The van der Waals surface area contributed by atoms with Crippen LogP contribution in [0, 0.1) is 27.7 Å². The lowest BCUT2D eigenvalue weighted by atomic mass is 10.1. The van der Waals surface area contributed by atoms with Gasteiger partial charge in [0.15, 0.2) is 0 Å². The molecule has 8 heteroatoms. The number of aromatic nitrogens is 2. The summed E-state index contributed by atoms with van der Waals surface area (Å²) in [7, 11) is 0. The number of carbonyl (C=O) groups is 2. The van der Waals surface area contributed by atoms with Crippen molar-refractivity contribution in [3.63, 3.8) is 0 Å². The van der Waals surface area contributed by atoms with Crippen LogP contribution in [0.25, 0.3) is 0 Å². The first-order valence-electron chi connectivity index (χ1n) is 10.9. The first-order valence-corrected chi connectivity index (χ1v) is 10.9. The number of hydrogen-bond donors (Lipinski definition) is 4. The van der Waals surface area contributed by atoms with Crippen molar-refractivity contribution in [2.24, 2.45) is 0 Å². The maximum Gasteiger partial charge on any atom is 0.355 e. The lowest BCUT2D eigenvalue weighted by Crippen LogP contribution is -2.22. The average Bonchev–Trinajstić information content (AvgIpc) is 3.18. The molecule has 0 aliphatic heterocycles. The zero-order chi connectivity index (χ0) is 23.0. The van der Waals surface area contributed by atoms with Crippen LogP contribution in [0.5, 0.6) is 0 Å². The molecule has 0 atom stereocenters. The van der Waals surface area contributed by atoms with Gasteiger partial charge in [0.1, 0.15) is 11.4 Å². The van der Waals surface area contributed by atoms with Crippen molar-refractivity contribution in [3.05, 3.63) is 45.0 Å². The summed E-state index contributed by atoms with van der Waals surface area (Å²) in [6.07, 6.45) is 0.951. The predicted octanol–water partition coefficient (Wildman–Crippen LogP) is 3.20. The van der Waals surface area contributed by atoms with E-state index < -0.39 is 0 Å². The number of H-pyrrole nitrogens is 2. The molecular weight excluding hydrogens is 396 g/mol. The number of ether oxygens (including phenoxy) is 2. The van der Waals surface area contributed by atoms with E-state index in [0.717, 1.165) is 53.2 Å². The van der Waals surface area contributed by atoms with Gasteiger partial charge in [0.05, 0.1) is 13.2 Å². The molecule has 0 saturated heterocycles. The summed E-state index contributed by atoms with van der Waals surface area (Å²) < 4.78 is 10.2. The third kappa shape index (κ3) is 6.21. The molecule has 4 N–H and O–H groups in total. The van der Waals surface area contributed by atoms with Gasteiger partial charge in [0, 0.05) is 24.5 Å². The Morgan fingerprint density at radius 3 is 1.45 bits per heavy atom. The minimum Gasteiger partial charge on any atom is -0.461 e. The highest BCUT2D eigenvalue weighted by atomic mass is 16.5. The monoisotopic (exact) mass is 432 g/mol. The molecule has 0 bridgehead atoms. The number of rotatable bonds is 12. The highest BCUT2D eigenvalue weighted by molar-refractivity contribution is 5.90. The van der Waals surface area contributed by atoms with Gasteiger partial charge in [0.25, 0.3) is 0 Å². The van der Waals surface area contributed by atoms with Crippen LogP contribution in [0.15, 0.2) is 0 Å². The lowest BCUT2D eigenvalue weighted by molar-refractivity contribution is 0.0509. The molecule has 31 heavy (non-hydrogen) atoms. The first-order chi connectivity index (χ1) is 14.8. The highest BCUT2D eigenvalue weighted by Crippen LogP contribution is 2.19. The molecule has 0 aliphatic rings.